The molecule has 2 unspecified atom stereocenters. The maximum Gasteiger partial charge on any atom is 0.150 e. The van der Waals surface area contributed by atoms with Gasteiger partial charge in [0.25, 0.3) is 0 Å². The first-order valence-corrected chi connectivity index (χ1v) is 8.23. The standard InChI is InChI=1S/C16H16N2OS/c19-20-14-7-6-12-8-9-17-18-16(12)13(14)10-15(20)11-4-2-1-3-5-11/h1-5,9,15,18H,6-8,10H2. The van der Waals surface area contributed by atoms with Crippen molar-refractivity contribution in [3.63, 3.8) is 0 Å². The van der Waals surface area contributed by atoms with Crippen LogP contribution in [0.3, 0.4) is 0 Å². The van der Waals surface area contributed by atoms with Gasteiger partial charge in [-0.25, -0.2) is 0 Å². The lowest BCUT2D eigenvalue weighted by atomic mass is 9.90. The van der Waals surface area contributed by atoms with Crippen molar-refractivity contribution in [3.05, 3.63) is 57.6 Å². The lowest BCUT2D eigenvalue weighted by Crippen LogP contribution is -2.19. The molecule has 2 atom stereocenters. The Labute approximate surface area is 121 Å². The number of hydrogen-bond donors (Lipinski definition) is 1. The number of allylic oxidation sites excluding steroid dienone is 3. The Morgan fingerprint density at radius 1 is 1.20 bits per heavy atom. The molecule has 20 heavy (non-hydrogen) atoms. The summed E-state index contributed by atoms with van der Waals surface area (Å²) in [6.07, 6.45) is 5.68. The molecule has 0 saturated carbocycles. The average molecular weight is 284 g/mol. The zero-order valence-electron chi connectivity index (χ0n) is 11.1. The molecule has 0 saturated heterocycles. The predicted octanol–water partition coefficient (Wildman–Crippen LogP) is 3.16. The van der Waals surface area contributed by atoms with Crippen molar-refractivity contribution in [2.24, 2.45) is 5.10 Å². The van der Waals surface area contributed by atoms with E-state index >= 15 is 0 Å². The zero-order valence-corrected chi connectivity index (χ0v) is 12.0. The molecule has 2 heterocycles. The van der Waals surface area contributed by atoms with E-state index < -0.39 is 11.2 Å². The highest BCUT2D eigenvalue weighted by molar-refractivity contribution is 7.95. The fourth-order valence-electron chi connectivity index (χ4n) is 3.29. The minimum Gasteiger partial charge on any atom is -0.611 e. The van der Waals surface area contributed by atoms with Crippen LogP contribution in [0.15, 0.2) is 57.2 Å². The van der Waals surface area contributed by atoms with E-state index in [0.717, 1.165) is 36.3 Å². The van der Waals surface area contributed by atoms with E-state index in [1.54, 1.807) is 0 Å². The van der Waals surface area contributed by atoms with Gasteiger partial charge >= 0.3 is 0 Å². The van der Waals surface area contributed by atoms with Crippen LogP contribution in [0.4, 0.5) is 0 Å². The third-order valence-electron chi connectivity index (χ3n) is 4.31. The van der Waals surface area contributed by atoms with Crippen LogP contribution in [0.25, 0.3) is 0 Å². The molecule has 102 valence electrons. The lowest BCUT2D eigenvalue weighted by molar-refractivity contribution is 0.590. The molecule has 4 heteroatoms. The summed E-state index contributed by atoms with van der Waals surface area (Å²) in [4.78, 5) is 1.14. The SMILES string of the molecule is [O-][S+]1C2=C(CC1c1ccccc1)C1=C(CC=NN1)CC2. The van der Waals surface area contributed by atoms with Crippen molar-refractivity contribution in [2.45, 2.75) is 30.9 Å². The van der Waals surface area contributed by atoms with E-state index in [1.165, 1.54) is 16.7 Å². The molecule has 1 N–H and O–H groups in total. The van der Waals surface area contributed by atoms with E-state index in [2.05, 4.69) is 22.7 Å². The molecule has 1 aliphatic carbocycles. The summed E-state index contributed by atoms with van der Waals surface area (Å²) in [5.74, 6) is 0. The molecule has 0 aromatic heterocycles. The molecule has 3 aliphatic rings. The van der Waals surface area contributed by atoms with Crippen molar-refractivity contribution in [2.75, 3.05) is 0 Å². The van der Waals surface area contributed by atoms with Gasteiger partial charge in [0.15, 0.2) is 0 Å². The van der Waals surface area contributed by atoms with Gasteiger partial charge in [-0.1, -0.05) is 30.3 Å². The molecule has 2 aliphatic heterocycles. The van der Waals surface area contributed by atoms with Crippen molar-refractivity contribution >= 4 is 17.4 Å². The number of hydrogen-bond acceptors (Lipinski definition) is 3. The smallest absolute Gasteiger partial charge is 0.150 e. The molecule has 3 nitrogen and oxygen atoms in total. The Bertz CT molecular complexity index is 633. The van der Waals surface area contributed by atoms with Crippen LogP contribution >= 0.6 is 0 Å². The highest BCUT2D eigenvalue weighted by Crippen LogP contribution is 2.49. The van der Waals surface area contributed by atoms with Crippen LogP contribution in [0.1, 0.15) is 36.5 Å². The van der Waals surface area contributed by atoms with Gasteiger partial charge in [-0.3, -0.25) is 5.43 Å². The normalized spacial score (nSPS) is 28.2. The molecule has 0 spiro atoms. The minimum atomic E-state index is -0.890. The summed E-state index contributed by atoms with van der Waals surface area (Å²) < 4.78 is 12.8. The molecule has 0 fully saturated rings. The van der Waals surface area contributed by atoms with Crippen molar-refractivity contribution in [1.29, 1.82) is 0 Å². The number of nitrogens with one attached hydrogen (secondary N) is 1. The molecule has 0 radical (unpaired) electrons. The Kier molecular flexibility index (Phi) is 2.93. The highest BCUT2D eigenvalue weighted by atomic mass is 32.2. The van der Waals surface area contributed by atoms with Crippen LogP contribution in [-0.2, 0) is 11.2 Å². The van der Waals surface area contributed by atoms with Crippen LogP contribution in [0.2, 0.25) is 0 Å². The highest BCUT2D eigenvalue weighted by Gasteiger charge is 2.42. The van der Waals surface area contributed by atoms with Crippen LogP contribution in [0.5, 0.6) is 0 Å². The predicted molar refractivity (Wildman–Crippen MR) is 81.5 cm³/mol. The summed E-state index contributed by atoms with van der Waals surface area (Å²) >= 11 is -0.890. The van der Waals surface area contributed by atoms with Gasteiger partial charge in [0.2, 0.25) is 0 Å². The number of rotatable bonds is 1. The maximum absolute atomic E-state index is 12.8. The van der Waals surface area contributed by atoms with Crippen LogP contribution < -0.4 is 5.43 Å². The second kappa shape index (κ2) is 4.79. The zero-order chi connectivity index (χ0) is 13.5. The van der Waals surface area contributed by atoms with Gasteiger partial charge in [-0.15, -0.1) is 0 Å². The molecule has 4 rings (SSSR count). The molecular formula is C16H16N2OS. The van der Waals surface area contributed by atoms with E-state index in [-0.39, 0.29) is 5.25 Å². The number of hydrazone groups is 1. The Hall–Kier alpha value is -1.52. The molecular weight excluding hydrogens is 268 g/mol. The Morgan fingerprint density at radius 2 is 2.05 bits per heavy atom. The van der Waals surface area contributed by atoms with Crippen LogP contribution in [0, 0.1) is 0 Å². The second-order valence-electron chi connectivity index (χ2n) is 5.41. The van der Waals surface area contributed by atoms with E-state index in [4.69, 9.17) is 0 Å². The summed E-state index contributed by atoms with van der Waals surface area (Å²) in [6, 6.07) is 10.2. The number of fused-ring (bicyclic) bond motifs is 1. The first-order chi connectivity index (χ1) is 9.84. The monoisotopic (exact) mass is 284 g/mol. The summed E-state index contributed by atoms with van der Waals surface area (Å²) in [7, 11) is 0. The first kappa shape index (κ1) is 12.2. The largest absolute Gasteiger partial charge is 0.611 e. The third-order valence-corrected chi connectivity index (χ3v) is 6.21. The fourth-order valence-corrected chi connectivity index (χ4v) is 5.09. The van der Waals surface area contributed by atoms with Crippen molar-refractivity contribution < 1.29 is 4.55 Å². The molecule has 1 aromatic rings. The summed E-state index contributed by atoms with van der Waals surface area (Å²) in [5, 5.41) is 4.29. The quantitative estimate of drug-likeness (QED) is 0.805. The van der Waals surface area contributed by atoms with Crippen LogP contribution in [-0.4, -0.2) is 10.8 Å². The van der Waals surface area contributed by atoms with Crippen molar-refractivity contribution in [3.8, 4) is 0 Å². The van der Waals surface area contributed by atoms with E-state index in [0.29, 0.717) is 0 Å². The van der Waals surface area contributed by atoms with Gasteiger partial charge in [0.05, 0.1) is 5.70 Å². The van der Waals surface area contributed by atoms with E-state index in [1.807, 2.05) is 24.4 Å². The summed E-state index contributed by atoms with van der Waals surface area (Å²) in [6.45, 7) is 0. The minimum absolute atomic E-state index is 0.112. The van der Waals surface area contributed by atoms with Gasteiger partial charge in [0.1, 0.15) is 10.2 Å². The van der Waals surface area contributed by atoms with Gasteiger partial charge in [0, 0.05) is 36.6 Å². The molecule has 1 aromatic carbocycles. The first-order valence-electron chi connectivity index (χ1n) is 7.02. The third kappa shape index (κ3) is 1.83. The van der Waals surface area contributed by atoms with Gasteiger partial charge in [-0.2, -0.15) is 5.10 Å². The Balaban J connectivity index is 1.69. The lowest BCUT2D eigenvalue weighted by Gasteiger charge is -2.22. The second-order valence-corrected chi connectivity index (χ2v) is 7.07. The number of nitrogens with zero attached hydrogens (tertiary/aromatic N) is 1. The average Bonchev–Trinajstić information content (AvgIpc) is 2.86. The van der Waals surface area contributed by atoms with Gasteiger partial charge in [-0.05, 0) is 23.2 Å². The topological polar surface area (TPSA) is 47.5 Å². The Morgan fingerprint density at radius 3 is 2.90 bits per heavy atom. The van der Waals surface area contributed by atoms with Crippen molar-refractivity contribution in [1.82, 2.24) is 5.43 Å². The van der Waals surface area contributed by atoms with E-state index in [9.17, 15) is 4.55 Å². The summed E-state index contributed by atoms with van der Waals surface area (Å²) in [5.41, 5.74) is 8.16. The number of benzene rings is 1. The van der Waals surface area contributed by atoms with Gasteiger partial charge < -0.3 is 4.55 Å². The fraction of sp³-hybridized carbons (Fsp3) is 0.312. The molecule has 0 amide bonds. The maximum atomic E-state index is 12.8. The molecule has 0 bridgehead atoms.